The van der Waals surface area contributed by atoms with Crippen LogP contribution in [0.1, 0.15) is 24.3 Å². The van der Waals surface area contributed by atoms with Gasteiger partial charge in [-0.25, -0.2) is 4.98 Å². The molecule has 2 aliphatic heterocycles. The minimum Gasteiger partial charge on any atom is -0.379 e. The molecule has 3 N–H and O–H groups in total. The van der Waals surface area contributed by atoms with Gasteiger partial charge in [0.15, 0.2) is 0 Å². The smallest absolute Gasteiger partial charge is 0.227 e. The molecule has 3 amide bonds. The Kier molecular flexibility index (Phi) is 5.27. The lowest BCUT2D eigenvalue weighted by atomic mass is 10.1. The van der Waals surface area contributed by atoms with Gasteiger partial charge >= 0.3 is 0 Å². The van der Waals surface area contributed by atoms with Gasteiger partial charge < -0.3 is 20.7 Å². The van der Waals surface area contributed by atoms with E-state index in [1.54, 1.807) is 4.90 Å². The number of rotatable bonds is 6. The number of hydrogen-bond acceptors (Lipinski definition) is 6. The lowest BCUT2D eigenvalue weighted by molar-refractivity contribution is -0.123. The van der Waals surface area contributed by atoms with Crippen LogP contribution in [-0.4, -0.2) is 48.5 Å². The van der Waals surface area contributed by atoms with E-state index in [0.29, 0.717) is 32.6 Å². The summed E-state index contributed by atoms with van der Waals surface area (Å²) >= 11 is 1.52. The average molecular weight is 402 g/mol. The second-order valence-corrected chi connectivity index (χ2v) is 8.31. The summed E-state index contributed by atoms with van der Waals surface area (Å²) in [5.41, 5.74) is 6.92. The van der Waals surface area contributed by atoms with Gasteiger partial charge in [0.1, 0.15) is 0 Å². The largest absolute Gasteiger partial charge is 0.379 e. The number of nitrogens with one attached hydrogen (secondary N) is 1. The fourth-order valence-corrected chi connectivity index (χ4v) is 4.55. The Morgan fingerprint density at radius 3 is 2.96 bits per heavy atom. The van der Waals surface area contributed by atoms with Crippen molar-refractivity contribution < 1.29 is 19.1 Å². The zero-order valence-electron chi connectivity index (χ0n) is 15.3. The third kappa shape index (κ3) is 4.00. The van der Waals surface area contributed by atoms with Crippen LogP contribution in [-0.2, 0) is 25.5 Å². The molecule has 28 heavy (non-hydrogen) atoms. The van der Waals surface area contributed by atoms with Crippen LogP contribution in [0.25, 0.3) is 10.2 Å². The molecule has 8 nitrogen and oxygen atoms in total. The van der Waals surface area contributed by atoms with E-state index in [9.17, 15) is 14.4 Å². The van der Waals surface area contributed by atoms with E-state index in [4.69, 9.17) is 10.5 Å². The van der Waals surface area contributed by atoms with Gasteiger partial charge in [0.05, 0.1) is 33.8 Å². The van der Waals surface area contributed by atoms with E-state index in [1.807, 2.05) is 18.2 Å². The molecule has 0 spiro atoms. The van der Waals surface area contributed by atoms with Gasteiger partial charge in [0.2, 0.25) is 17.7 Å². The van der Waals surface area contributed by atoms with Crippen LogP contribution in [0.4, 0.5) is 5.69 Å². The Labute approximate surface area is 166 Å². The number of nitrogens with two attached hydrogens (primary N) is 1. The number of thiazole rings is 1. The van der Waals surface area contributed by atoms with Gasteiger partial charge in [-0.15, -0.1) is 11.3 Å². The molecule has 0 saturated carbocycles. The predicted octanol–water partition coefficient (Wildman–Crippen LogP) is 0.972. The molecule has 148 valence electrons. The zero-order chi connectivity index (χ0) is 19.7. The third-order valence-corrected chi connectivity index (χ3v) is 6.19. The van der Waals surface area contributed by atoms with Crippen molar-refractivity contribution in [1.29, 1.82) is 0 Å². The van der Waals surface area contributed by atoms with Crippen LogP contribution >= 0.6 is 11.3 Å². The van der Waals surface area contributed by atoms with Gasteiger partial charge in [-0.05, 0) is 24.6 Å². The maximum absolute atomic E-state index is 12.2. The first-order valence-electron chi connectivity index (χ1n) is 9.36. The molecule has 1 aromatic carbocycles. The molecule has 1 aromatic heterocycles. The molecular weight excluding hydrogens is 380 g/mol. The van der Waals surface area contributed by atoms with Gasteiger partial charge in [-0.1, -0.05) is 0 Å². The summed E-state index contributed by atoms with van der Waals surface area (Å²) < 4.78 is 6.21. The van der Waals surface area contributed by atoms with Crippen molar-refractivity contribution >= 4 is 45.0 Å². The minimum absolute atomic E-state index is 0.00982. The highest BCUT2D eigenvalue weighted by atomic mass is 32.1. The molecule has 9 heteroatoms. The Morgan fingerprint density at radius 1 is 1.39 bits per heavy atom. The Bertz CT molecular complexity index is 922. The number of aromatic nitrogens is 1. The van der Waals surface area contributed by atoms with Crippen LogP contribution < -0.4 is 16.0 Å². The van der Waals surface area contributed by atoms with E-state index in [1.165, 1.54) is 11.3 Å². The summed E-state index contributed by atoms with van der Waals surface area (Å²) in [4.78, 5) is 41.8. The SMILES string of the molecule is NC(=O)C1CC(=O)N(c2ccc3nc(CCC(=O)NC4CCOC4)sc3c2)C1. The molecule has 2 unspecified atom stereocenters. The highest BCUT2D eigenvalue weighted by molar-refractivity contribution is 7.18. The number of hydrogen-bond donors (Lipinski definition) is 2. The lowest BCUT2D eigenvalue weighted by Crippen LogP contribution is -2.35. The third-order valence-electron chi connectivity index (χ3n) is 5.12. The monoisotopic (exact) mass is 402 g/mol. The number of primary amides is 1. The summed E-state index contributed by atoms with van der Waals surface area (Å²) in [6, 6.07) is 5.73. The summed E-state index contributed by atoms with van der Waals surface area (Å²) in [6.07, 6.45) is 1.97. The number of fused-ring (bicyclic) bond motifs is 1. The molecule has 4 rings (SSSR count). The number of anilines is 1. The van der Waals surface area contributed by atoms with Crippen LogP contribution in [0.5, 0.6) is 0 Å². The predicted molar refractivity (Wildman–Crippen MR) is 105 cm³/mol. The number of amides is 3. The first-order chi connectivity index (χ1) is 13.5. The number of carbonyl (C=O) groups is 3. The average Bonchev–Trinajstić information content (AvgIpc) is 3.38. The molecule has 0 radical (unpaired) electrons. The molecule has 2 aromatic rings. The number of nitrogens with zero attached hydrogens (tertiary/aromatic N) is 2. The summed E-state index contributed by atoms with van der Waals surface area (Å²) in [6.45, 7) is 1.60. The normalized spacial score (nSPS) is 22.1. The van der Waals surface area contributed by atoms with E-state index in [-0.39, 0.29) is 24.3 Å². The van der Waals surface area contributed by atoms with Crippen LogP contribution in [0.2, 0.25) is 0 Å². The molecule has 2 saturated heterocycles. The van der Waals surface area contributed by atoms with Crippen molar-refractivity contribution in [2.24, 2.45) is 11.7 Å². The van der Waals surface area contributed by atoms with E-state index < -0.39 is 11.8 Å². The number of carbonyl (C=O) groups excluding carboxylic acids is 3. The van der Waals surface area contributed by atoms with Crippen molar-refractivity contribution in [3.05, 3.63) is 23.2 Å². The second-order valence-electron chi connectivity index (χ2n) is 7.20. The van der Waals surface area contributed by atoms with Crippen LogP contribution in [0.15, 0.2) is 18.2 Å². The maximum Gasteiger partial charge on any atom is 0.227 e. The number of ether oxygens (including phenoxy) is 1. The topological polar surface area (TPSA) is 115 Å². The van der Waals surface area contributed by atoms with E-state index in [0.717, 1.165) is 27.3 Å². The molecule has 2 aliphatic rings. The van der Waals surface area contributed by atoms with Crippen molar-refractivity contribution in [1.82, 2.24) is 10.3 Å². The number of aryl methyl sites for hydroxylation is 1. The fourth-order valence-electron chi connectivity index (χ4n) is 3.55. The highest BCUT2D eigenvalue weighted by Gasteiger charge is 2.34. The standard InChI is InChI=1S/C19H22N4O4S/c20-19(26)11-7-18(25)23(9-11)13-1-2-14-15(8-13)28-17(22-14)4-3-16(24)21-12-5-6-27-10-12/h1-2,8,11-12H,3-7,9-10H2,(H2,20,26)(H,21,24). The van der Waals surface area contributed by atoms with Crippen molar-refractivity contribution in [3.63, 3.8) is 0 Å². The van der Waals surface area contributed by atoms with E-state index in [2.05, 4.69) is 10.3 Å². The summed E-state index contributed by atoms with van der Waals surface area (Å²) in [5.74, 6) is -0.973. The van der Waals surface area contributed by atoms with Crippen molar-refractivity contribution in [2.45, 2.75) is 31.7 Å². The Balaban J connectivity index is 1.41. The summed E-state index contributed by atoms with van der Waals surface area (Å²) in [5, 5.41) is 3.86. The highest BCUT2D eigenvalue weighted by Crippen LogP contribution is 2.31. The molecular formula is C19H22N4O4S. The van der Waals surface area contributed by atoms with Gasteiger partial charge in [-0.2, -0.15) is 0 Å². The molecule has 0 aliphatic carbocycles. The van der Waals surface area contributed by atoms with Crippen molar-refractivity contribution in [2.75, 3.05) is 24.7 Å². The Morgan fingerprint density at radius 2 is 2.25 bits per heavy atom. The molecule has 2 fully saturated rings. The van der Waals surface area contributed by atoms with Gasteiger partial charge in [-0.3, -0.25) is 14.4 Å². The first-order valence-corrected chi connectivity index (χ1v) is 10.2. The molecule has 3 heterocycles. The Hall–Kier alpha value is -2.52. The van der Waals surface area contributed by atoms with Gasteiger partial charge in [0.25, 0.3) is 0 Å². The quantitative estimate of drug-likeness (QED) is 0.747. The van der Waals surface area contributed by atoms with E-state index >= 15 is 0 Å². The minimum atomic E-state index is -0.445. The van der Waals surface area contributed by atoms with Crippen molar-refractivity contribution in [3.8, 4) is 0 Å². The zero-order valence-corrected chi connectivity index (χ0v) is 16.2. The van der Waals surface area contributed by atoms with Crippen LogP contribution in [0.3, 0.4) is 0 Å². The molecule has 2 atom stereocenters. The maximum atomic E-state index is 12.2. The first kappa shape index (κ1) is 18.8. The van der Waals surface area contributed by atoms with Crippen LogP contribution in [0, 0.1) is 5.92 Å². The number of benzene rings is 1. The van der Waals surface area contributed by atoms with Gasteiger partial charge in [0, 0.05) is 38.1 Å². The molecule has 0 bridgehead atoms. The second kappa shape index (κ2) is 7.84. The summed E-state index contributed by atoms with van der Waals surface area (Å²) in [7, 11) is 0. The lowest BCUT2D eigenvalue weighted by Gasteiger charge is -2.16. The fraction of sp³-hybridized carbons (Fsp3) is 0.474.